The molecule has 0 aromatic heterocycles. The summed E-state index contributed by atoms with van der Waals surface area (Å²) >= 11 is 3.26. The minimum absolute atomic E-state index is 0.0563. The molecular formula is C32H31BrN2O7. The first-order valence-corrected chi connectivity index (χ1v) is 14.2. The van der Waals surface area contributed by atoms with E-state index in [1.165, 1.54) is 19.1 Å². The summed E-state index contributed by atoms with van der Waals surface area (Å²) in [5.74, 6) is 0.840. The predicted molar refractivity (Wildman–Crippen MR) is 163 cm³/mol. The molecule has 9 nitrogen and oxygen atoms in total. The van der Waals surface area contributed by atoms with Gasteiger partial charge in [-0.15, -0.1) is 0 Å². The van der Waals surface area contributed by atoms with Crippen LogP contribution in [0.5, 0.6) is 23.0 Å². The van der Waals surface area contributed by atoms with Crippen molar-refractivity contribution < 1.29 is 34.0 Å². The first kappa shape index (κ1) is 30.4. The number of amides is 1. The van der Waals surface area contributed by atoms with Crippen molar-refractivity contribution in [2.75, 3.05) is 23.0 Å². The second-order valence-corrected chi connectivity index (χ2v) is 10.1. The lowest BCUT2D eigenvalue weighted by molar-refractivity contribution is -0.118. The third-order valence-corrected chi connectivity index (χ3v) is 6.82. The number of phenols is 1. The minimum atomic E-state index is -0.751. The van der Waals surface area contributed by atoms with E-state index in [1.54, 1.807) is 12.1 Å². The van der Waals surface area contributed by atoms with Gasteiger partial charge < -0.3 is 35.5 Å². The van der Waals surface area contributed by atoms with Crippen LogP contribution in [0.2, 0.25) is 0 Å². The van der Waals surface area contributed by atoms with Crippen LogP contribution >= 0.6 is 15.9 Å². The van der Waals surface area contributed by atoms with E-state index in [-0.39, 0.29) is 35.3 Å². The van der Waals surface area contributed by atoms with E-state index in [2.05, 4.69) is 21.2 Å². The topological polar surface area (TPSA) is 140 Å². The number of Topliss-reactive ketones (excluding diaryl/α,β-unsaturated/α-hetero) is 1. The Balaban J connectivity index is 0.000000197. The molecule has 1 atom stereocenters. The average Bonchev–Trinajstić information content (AvgIpc) is 3.00. The van der Waals surface area contributed by atoms with Crippen LogP contribution in [0.1, 0.15) is 40.1 Å². The van der Waals surface area contributed by atoms with Gasteiger partial charge in [0.05, 0.1) is 23.0 Å². The number of aromatic hydroxyl groups is 1. The van der Waals surface area contributed by atoms with Crippen LogP contribution in [0.4, 0.5) is 11.4 Å². The lowest BCUT2D eigenvalue weighted by atomic mass is 10.1. The Morgan fingerprint density at radius 2 is 1.55 bits per heavy atom. The molecule has 0 bridgehead atoms. The van der Waals surface area contributed by atoms with Gasteiger partial charge in [-0.05, 0) is 30.2 Å². The normalized spacial score (nSPS) is 12.5. The van der Waals surface area contributed by atoms with E-state index in [0.29, 0.717) is 47.0 Å². The van der Waals surface area contributed by atoms with E-state index >= 15 is 0 Å². The number of alkyl halides is 1. The van der Waals surface area contributed by atoms with Crippen LogP contribution in [0.3, 0.4) is 0 Å². The molecule has 0 saturated carbocycles. The van der Waals surface area contributed by atoms with Gasteiger partial charge in [-0.3, -0.25) is 9.59 Å². The highest BCUT2D eigenvalue weighted by molar-refractivity contribution is 9.09. The van der Waals surface area contributed by atoms with Crippen molar-refractivity contribution in [3.8, 4) is 23.0 Å². The Morgan fingerprint density at radius 1 is 0.976 bits per heavy atom. The molecule has 4 aromatic carbocycles. The maximum absolute atomic E-state index is 11.5. The van der Waals surface area contributed by atoms with Gasteiger partial charge in [0.1, 0.15) is 36.2 Å². The fraction of sp³-hybridized carbons (Fsp3) is 0.188. The highest BCUT2D eigenvalue weighted by Gasteiger charge is 2.24. The Morgan fingerprint density at radius 3 is 2.10 bits per heavy atom. The molecule has 1 heterocycles. The first-order chi connectivity index (χ1) is 20.2. The summed E-state index contributed by atoms with van der Waals surface area (Å²) < 4.78 is 16.8. The molecule has 0 fully saturated rings. The predicted octanol–water partition coefficient (Wildman–Crippen LogP) is 5.78. The van der Waals surface area contributed by atoms with Gasteiger partial charge in [0.2, 0.25) is 0 Å². The van der Waals surface area contributed by atoms with Gasteiger partial charge >= 0.3 is 0 Å². The van der Waals surface area contributed by atoms with Gasteiger partial charge in [-0.25, -0.2) is 0 Å². The zero-order valence-electron chi connectivity index (χ0n) is 22.9. The van der Waals surface area contributed by atoms with Crippen LogP contribution < -0.4 is 25.3 Å². The summed E-state index contributed by atoms with van der Waals surface area (Å²) in [6.45, 7) is 2.09. The number of phenolic OH excluding ortho intramolecular Hbond substituents is 1. The largest absolute Gasteiger partial charge is 0.505 e. The Bertz CT molecular complexity index is 1530. The summed E-state index contributed by atoms with van der Waals surface area (Å²) in [5, 5.41) is 22.9. The molecular weight excluding hydrogens is 604 g/mol. The summed E-state index contributed by atoms with van der Waals surface area (Å²) in [7, 11) is 0. The van der Waals surface area contributed by atoms with Crippen molar-refractivity contribution in [3.05, 3.63) is 107 Å². The van der Waals surface area contributed by atoms with Crippen molar-refractivity contribution in [3.63, 3.8) is 0 Å². The number of aliphatic hydroxyl groups excluding tert-OH is 1. The molecule has 1 amide bonds. The Hall–Kier alpha value is -4.54. The molecule has 0 unspecified atom stereocenters. The molecule has 0 saturated heterocycles. The summed E-state index contributed by atoms with van der Waals surface area (Å²) in [6, 6.07) is 25.9. The smallest absolute Gasteiger partial charge is 0.262 e. The van der Waals surface area contributed by atoms with Crippen LogP contribution in [0.25, 0.3) is 0 Å². The first-order valence-electron chi connectivity index (χ1n) is 13.1. The van der Waals surface area contributed by atoms with E-state index < -0.39 is 6.10 Å². The third-order valence-electron chi connectivity index (χ3n) is 6.21. The molecule has 5 N–H and O–H groups in total. The molecule has 10 heteroatoms. The van der Waals surface area contributed by atoms with Crippen LogP contribution in [0, 0.1) is 0 Å². The Kier molecular flexibility index (Phi) is 10.4. The summed E-state index contributed by atoms with van der Waals surface area (Å²) in [4.78, 5) is 22.9. The van der Waals surface area contributed by atoms with Crippen LogP contribution in [-0.2, 0) is 18.0 Å². The standard InChI is InChI=1S/C17H16BrNO4.C15H15NO3/c18-8-15(20)13-6-12(22-9-11-4-2-1-3-5-11)7-14-17(13)23-10-16(21)19-14;1-10(17)13-7-12(8-14(16)15(13)18)19-9-11-5-3-2-4-6-11/h1-7,15,20H,8-10H2,(H,19,21);2-8,18H,9,16H2,1H3/t15-;/m0./s1. The Labute approximate surface area is 252 Å². The number of benzene rings is 4. The maximum Gasteiger partial charge on any atom is 0.262 e. The van der Waals surface area contributed by atoms with Crippen molar-refractivity contribution in [1.29, 1.82) is 0 Å². The van der Waals surface area contributed by atoms with Gasteiger partial charge in [-0.1, -0.05) is 76.6 Å². The van der Waals surface area contributed by atoms with Gasteiger partial charge in [0.25, 0.3) is 5.91 Å². The van der Waals surface area contributed by atoms with Crippen LogP contribution in [-0.4, -0.2) is 33.8 Å². The molecule has 1 aliphatic heterocycles. The van der Waals surface area contributed by atoms with Crippen molar-refractivity contribution in [2.45, 2.75) is 26.2 Å². The lowest BCUT2D eigenvalue weighted by Crippen LogP contribution is -2.26. The van der Waals surface area contributed by atoms with Gasteiger partial charge in [0, 0.05) is 23.0 Å². The molecule has 1 aliphatic rings. The molecule has 0 radical (unpaired) electrons. The number of hydrogen-bond acceptors (Lipinski definition) is 8. The number of aliphatic hydroxyl groups is 1. The second kappa shape index (κ2) is 14.4. The number of carbonyl (C=O) groups excluding carboxylic acids is 2. The van der Waals surface area contributed by atoms with E-state index in [9.17, 15) is 19.8 Å². The number of fused-ring (bicyclic) bond motifs is 1. The zero-order chi connectivity index (χ0) is 30.1. The summed E-state index contributed by atoms with van der Waals surface area (Å²) in [6.07, 6.45) is -0.751. The number of ketones is 1. The van der Waals surface area contributed by atoms with Gasteiger partial charge in [0.15, 0.2) is 12.4 Å². The van der Waals surface area contributed by atoms with E-state index in [1.807, 2.05) is 60.7 Å². The maximum atomic E-state index is 11.5. The number of rotatable bonds is 9. The zero-order valence-corrected chi connectivity index (χ0v) is 24.5. The SMILES string of the molecule is CC(=O)c1cc(OCc2ccccc2)cc(N)c1O.O=C1COc2c(cc(OCc3ccccc3)cc2[C@@H](O)CBr)N1. The lowest BCUT2D eigenvalue weighted by Gasteiger charge is -2.23. The minimum Gasteiger partial charge on any atom is -0.505 e. The monoisotopic (exact) mass is 634 g/mol. The number of anilines is 2. The molecule has 0 aliphatic carbocycles. The quantitative estimate of drug-likeness (QED) is 0.0786. The number of carbonyl (C=O) groups is 2. The molecule has 5 rings (SSSR count). The highest BCUT2D eigenvalue weighted by atomic mass is 79.9. The molecule has 218 valence electrons. The van der Waals surface area contributed by atoms with E-state index in [0.717, 1.165) is 11.1 Å². The van der Waals surface area contributed by atoms with Crippen molar-refractivity contribution in [2.24, 2.45) is 0 Å². The fourth-order valence-electron chi connectivity index (χ4n) is 4.08. The molecule has 4 aromatic rings. The number of hydrogen-bond donors (Lipinski definition) is 4. The highest BCUT2D eigenvalue weighted by Crippen LogP contribution is 2.40. The number of nitrogen functional groups attached to an aromatic ring is 1. The van der Waals surface area contributed by atoms with Crippen molar-refractivity contribution >= 4 is 39.0 Å². The third kappa shape index (κ3) is 8.02. The number of ether oxygens (including phenoxy) is 3. The second-order valence-electron chi connectivity index (χ2n) is 9.41. The average molecular weight is 636 g/mol. The van der Waals surface area contributed by atoms with Crippen LogP contribution in [0.15, 0.2) is 84.9 Å². The molecule has 42 heavy (non-hydrogen) atoms. The van der Waals surface area contributed by atoms with Crippen molar-refractivity contribution in [1.82, 2.24) is 0 Å². The fourth-order valence-corrected chi connectivity index (χ4v) is 4.43. The number of nitrogens with one attached hydrogen (secondary N) is 1. The number of halogens is 1. The van der Waals surface area contributed by atoms with Gasteiger partial charge in [-0.2, -0.15) is 0 Å². The number of nitrogens with two attached hydrogens (primary N) is 1. The summed E-state index contributed by atoms with van der Waals surface area (Å²) in [5.41, 5.74) is 9.10. The molecule has 0 spiro atoms. The van der Waals surface area contributed by atoms with E-state index in [4.69, 9.17) is 19.9 Å².